The minimum Gasteiger partial charge on any atom is -0.313 e. The molecular formula is C16H16BrCl2N. The highest BCUT2D eigenvalue weighted by molar-refractivity contribution is 9.10. The molecule has 1 atom stereocenters. The zero-order valence-electron chi connectivity index (χ0n) is 11.4. The lowest BCUT2D eigenvalue weighted by Crippen LogP contribution is -2.19. The third-order valence-corrected chi connectivity index (χ3v) is 4.44. The van der Waals surface area contributed by atoms with Crippen LogP contribution >= 0.6 is 39.1 Å². The van der Waals surface area contributed by atoms with Gasteiger partial charge in [-0.25, -0.2) is 0 Å². The molecule has 0 heterocycles. The molecule has 0 saturated carbocycles. The fourth-order valence-electron chi connectivity index (χ4n) is 2.25. The first-order valence-electron chi connectivity index (χ1n) is 6.38. The highest BCUT2D eigenvalue weighted by Gasteiger charge is 2.12. The molecule has 20 heavy (non-hydrogen) atoms. The van der Waals surface area contributed by atoms with Crippen LogP contribution in [0.4, 0.5) is 0 Å². The van der Waals surface area contributed by atoms with Gasteiger partial charge < -0.3 is 5.32 Å². The Morgan fingerprint density at radius 2 is 1.85 bits per heavy atom. The molecule has 0 bridgehead atoms. The summed E-state index contributed by atoms with van der Waals surface area (Å²) >= 11 is 15.6. The van der Waals surface area contributed by atoms with Crippen molar-refractivity contribution in [3.05, 3.63) is 67.6 Å². The maximum Gasteiger partial charge on any atom is 0.0595 e. The number of halogens is 3. The second-order valence-electron chi connectivity index (χ2n) is 4.86. The number of aryl methyl sites for hydroxylation is 1. The summed E-state index contributed by atoms with van der Waals surface area (Å²) in [5.41, 5.74) is 3.66. The summed E-state index contributed by atoms with van der Waals surface area (Å²) in [7, 11) is 1.97. The molecule has 0 aliphatic heterocycles. The van der Waals surface area contributed by atoms with Crippen LogP contribution in [0.3, 0.4) is 0 Å². The number of rotatable bonds is 4. The molecule has 0 saturated heterocycles. The Labute approximate surface area is 138 Å². The maximum atomic E-state index is 6.08. The van der Waals surface area contributed by atoms with Gasteiger partial charge in [-0.2, -0.15) is 0 Å². The molecule has 0 spiro atoms. The summed E-state index contributed by atoms with van der Waals surface area (Å²) in [5, 5.41) is 4.55. The molecule has 0 radical (unpaired) electrons. The fourth-order valence-corrected chi connectivity index (χ4v) is 3.20. The van der Waals surface area contributed by atoms with E-state index in [2.05, 4.69) is 46.4 Å². The van der Waals surface area contributed by atoms with Crippen molar-refractivity contribution in [3.63, 3.8) is 0 Å². The van der Waals surface area contributed by atoms with Gasteiger partial charge in [-0.3, -0.25) is 0 Å². The van der Waals surface area contributed by atoms with E-state index in [1.54, 1.807) is 0 Å². The molecule has 0 fully saturated rings. The van der Waals surface area contributed by atoms with Gasteiger partial charge in [0.25, 0.3) is 0 Å². The lowest BCUT2D eigenvalue weighted by atomic mass is 9.98. The first-order chi connectivity index (χ1) is 9.49. The third-order valence-electron chi connectivity index (χ3n) is 3.24. The lowest BCUT2D eigenvalue weighted by molar-refractivity contribution is 0.591. The molecule has 2 rings (SSSR count). The molecule has 1 nitrogen and oxygen atoms in total. The summed E-state index contributed by atoms with van der Waals surface area (Å²) in [5.74, 6) is 0. The minimum atomic E-state index is 0.239. The number of likely N-dealkylation sites (N-methyl/N-ethyl adjacent to an activating group) is 1. The van der Waals surface area contributed by atoms with Crippen LogP contribution in [-0.4, -0.2) is 7.05 Å². The first-order valence-corrected chi connectivity index (χ1v) is 7.93. The summed E-state index contributed by atoms with van der Waals surface area (Å²) in [6.45, 7) is 2.10. The Hall–Kier alpha value is -0.540. The monoisotopic (exact) mass is 371 g/mol. The van der Waals surface area contributed by atoms with E-state index in [1.807, 2.05) is 25.2 Å². The molecule has 0 aliphatic rings. The van der Waals surface area contributed by atoms with E-state index in [0.29, 0.717) is 10.0 Å². The van der Waals surface area contributed by atoms with Gasteiger partial charge in [0.2, 0.25) is 0 Å². The summed E-state index contributed by atoms with van der Waals surface area (Å²) in [6.07, 6.45) is 0.864. The zero-order chi connectivity index (χ0) is 14.7. The van der Waals surface area contributed by atoms with Crippen LogP contribution < -0.4 is 5.32 Å². The van der Waals surface area contributed by atoms with Gasteiger partial charge in [-0.1, -0.05) is 51.3 Å². The van der Waals surface area contributed by atoms with Gasteiger partial charge in [-0.15, -0.1) is 0 Å². The predicted molar refractivity (Wildman–Crippen MR) is 90.8 cm³/mol. The van der Waals surface area contributed by atoms with Crippen LogP contribution in [-0.2, 0) is 6.42 Å². The second kappa shape index (κ2) is 6.95. The largest absolute Gasteiger partial charge is 0.313 e. The maximum absolute atomic E-state index is 6.08. The highest BCUT2D eigenvalue weighted by atomic mass is 79.9. The fraction of sp³-hybridized carbons (Fsp3) is 0.250. The summed E-state index contributed by atoms with van der Waals surface area (Å²) in [4.78, 5) is 0. The van der Waals surface area contributed by atoms with Crippen LogP contribution in [0.1, 0.15) is 22.7 Å². The van der Waals surface area contributed by atoms with Gasteiger partial charge in [-0.05, 0) is 61.3 Å². The van der Waals surface area contributed by atoms with Crippen molar-refractivity contribution in [1.82, 2.24) is 5.32 Å². The molecule has 0 aromatic heterocycles. The predicted octanol–water partition coefficient (Wildman–Crippen LogP) is 5.57. The quantitative estimate of drug-likeness (QED) is 0.739. The van der Waals surface area contributed by atoms with E-state index < -0.39 is 0 Å². The summed E-state index contributed by atoms with van der Waals surface area (Å²) in [6, 6.07) is 12.5. The second-order valence-corrected chi connectivity index (χ2v) is 6.59. The SMILES string of the molecule is CNC(Cc1ccc(Cl)c(Cl)c1)c1cc(C)cc(Br)c1. The Bertz CT molecular complexity index is 593. The first kappa shape index (κ1) is 15.8. The standard InChI is InChI=1S/C16H16BrCl2N/c1-10-5-12(9-13(17)6-10)16(20-2)8-11-3-4-14(18)15(19)7-11/h3-7,9,16,20H,8H2,1-2H3. The molecule has 2 aromatic rings. The minimum absolute atomic E-state index is 0.239. The number of hydrogen-bond acceptors (Lipinski definition) is 1. The van der Waals surface area contributed by atoms with Crippen LogP contribution in [0, 0.1) is 6.92 Å². The van der Waals surface area contributed by atoms with E-state index in [0.717, 1.165) is 16.5 Å². The van der Waals surface area contributed by atoms with Gasteiger partial charge in [0.1, 0.15) is 0 Å². The average molecular weight is 373 g/mol. The van der Waals surface area contributed by atoms with E-state index >= 15 is 0 Å². The number of nitrogens with one attached hydrogen (secondary N) is 1. The topological polar surface area (TPSA) is 12.0 Å². The molecule has 0 amide bonds. The van der Waals surface area contributed by atoms with Crippen molar-refractivity contribution in [3.8, 4) is 0 Å². The molecule has 106 valence electrons. The van der Waals surface area contributed by atoms with Gasteiger partial charge in [0.15, 0.2) is 0 Å². The van der Waals surface area contributed by atoms with E-state index in [9.17, 15) is 0 Å². The van der Waals surface area contributed by atoms with Gasteiger partial charge >= 0.3 is 0 Å². The van der Waals surface area contributed by atoms with Gasteiger partial charge in [0, 0.05) is 10.5 Å². The Kier molecular flexibility index (Phi) is 5.50. The lowest BCUT2D eigenvalue weighted by Gasteiger charge is -2.18. The molecular weight excluding hydrogens is 357 g/mol. The Morgan fingerprint density at radius 1 is 1.10 bits per heavy atom. The van der Waals surface area contributed by atoms with Crippen LogP contribution in [0.15, 0.2) is 40.9 Å². The molecule has 0 aliphatic carbocycles. The number of benzene rings is 2. The van der Waals surface area contributed by atoms with Crippen molar-refractivity contribution < 1.29 is 0 Å². The molecule has 2 aromatic carbocycles. The normalized spacial score (nSPS) is 12.4. The van der Waals surface area contributed by atoms with E-state index in [4.69, 9.17) is 23.2 Å². The third kappa shape index (κ3) is 3.98. The van der Waals surface area contributed by atoms with Crippen LogP contribution in [0.5, 0.6) is 0 Å². The van der Waals surface area contributed by atoms with Crippen molar-refractivity contribution in [2.75, 3.05) is 7.05 Å². The van der Waals surface area contributed by atoms with Crippen molar-refractivity contribution in [2.45, 2.75) is 19.4 Å². The Balaban J connectivity index is 2.26. The highest BCUT2D eigenvalue weighted by Crippen LogP contribution is 2.27. The average Bonchev–Trinajstić information content (AvgIpc) is 2.38. The van der Waals surface area contributed by atoms with Crippen molar-refractivity contribution >= 4 is 39.1 Å². The molecule has 4 heteroatoms. The zero-order valence-corrected chi connectivity index (χ0v) is 14.5. The van der Waals surface area contributed by atoms with E-state index in [1.165, 1.54) is 11.1 Å². The van der Waals surface area contributed by atoms with Gasteiger partial charge in [0.05, 0.1) is 10.0 Å². The smallest absolute Gasteiger partial charge is 0.0595 e. The van der Waals surface area contributed by atoms with Crippen molar-refractivity contribution in [1.29, 1.82) is 0 Å². The van der Waals surface area contributed by atoms with Crippen LogP contribution in [0.25, 0.3) is 0 Å². The van der Waals surface area contributed by atoms with E-state index in [-0.39, 0.29) is 6.04 Å². The molecule has 1 N–H and O–H groups in total. The molecule has 1 unspecified atom stereocenters. The summed E-state index contributed by atoms with van der Waals surface area (Å²) < 4.78 is 1.10. The Morgan fingerprint density at radius 3 is 2.45 bits per heavy atom. The number of hydrogen-bond donors (Lipinski definition) is 1. The van der Waals surface area contributed by atoms with Crippen LogP contribution in [0.2, 0.25) is 10.0 Å². The van der Waals surface area contributed by atoms with Crippen molar-refractivity contribution in [2.24, 2.45) is 0 Å².